The summed E-state index contributed by atoms with van der Waals surface area (Å²) in [4.78, 5) is 4.76. The highest BCUT2D eigenvalue weighted by Crippen LogP contribution is 2.29. The van der Waals surface area contributed by atoms with Crippen molar-refractivity contribution < 1.29 is 4.74 Å². The van der Waals surface area contributed by atoms with E-state index in [0.717, 1.165) is 12.0 Å². The summed E-state index contributed by atoms with van der Waals surface area (Å²) in [5, 5.41) is 0. The molecule has 102 valence electrons. The van der Waals surface area contributed by atoms with Gasteiger partial charge in [0.25, 0.3) is 0 Å². The number of benzene rings is 2. The Hall–Kier alpha value is -1.80. The zero-order chi connectivity index (χ0) is 13.8. The van der Waals surface area contributed by atoms with Crippen molar-refractivity contribution >= 4 is 17.5 Å². The predicted molar refractivity (Wildman–Crippen MR) is 82.4 cm³/mol. The Morgan fingerprint density at radius 2 is 1.65 bits per heavy atom. The average Bonchev–Trinajstić information content (AvgIpc) is 2.56. The van der Waals surface area contributed by atoms with Crippen molar-refractivity contribution in [3.05, 3.63) is 71.8 Å². The molecule has 0 amide bonds. The highest BCUT2D eigenvalue weighted by atomic mass is 35.5. The summed E-state index contributed by atoms with van der Waals surface area (Å²) in [5.74, 6) is 1.17. The van der Waals surface area contributed by atoms with E-state index in [4.69, 9.17) is 21.3 Å². The minimum atomic E-state index is 0.00887. The van der Waals surface area contributed by atoms with Gasteiger partial charge in [0.15, 0.2) is 0 Å². The molecule has 1 aliphatic rings. The van der Waals surface area contributed by atoms with E-state index in [1.807, 2.05) is 48.5 Å². The third kappa shape index (κ3) is 2.86. The van der Waals surface area contributed by atoms with E-state index < -0.39 is 0 Å². The monoisotopic (exact) mass is 285 g/mol. The molecule has 0 saturated heterocycles. The molecule has 0 N–H and O–H groups in total. The Kier molecular flexibility index (Phi) is 4.03. The molecule has 0 fully saturated rings. The van der Waals surface area contributed by atoms with Gasteiger partial charge in [0.05, 0.1) is 11.9 Å². The lowest BCUT2D eigenvalue weighted by atomic mass is 10.00. The lowest BCUT2D eigenvalue weighted by molar-refractivity contribution is 0.171. The first-order valence-electron chi connectivity index (χ1n) is 6.77. The maximum atomic E-state index is 6.01. The van der Waals surface area contributed by atoms with Crippen molar-refractivity contribution in [3.63, 3.8) is 0 Å². The highest BCUT2D eigenvalue weighted by Gasteiger charge is 2.26. The van der Waals surface area contributed by atoms with Crippen LogP contribution in [0, 0.1) is 0 Å². The van der Waals surface area contributed by atoms with Crippen LogP contribution in [0.25, 0.3) is 0 Å². The lowest BCUT2D eigenvalue weighted by Gasteiger charge is -2.28. The first kappa shape index (κ1) is 13.2. The number of nitrogens with zero attached hydrogens (tertiary/aromatic N) is 1. The molecule has 0 radical (unpaired) electrons. The van der Waals surface area contributed by atoms with Crippen LogP contribution in [0.4, 0.5) is 0 Å². The average molecular weight is 286 g/mol. The maximum Gasteiger partial charge on any atom is 0.217 e. The Balaban J connectivity index is 1.94. The van der Waals surface area contributed by atoms with Crippen LogP contribution in [0.2, 0.25) is 0 Å². The molecule has 3 rings (SSSR count). The van der Waals surface area contributed by atoms with Gasteiger partial charge in [0.1, 0.15) is 6.10 Å². The molecule has 0 unspecified atom stereocenters. The van der Waals surface area contributed by atoms with Crippen molar-refractivity contribution in [3.8, 4) is 0 Å². The first-order chi connectivity index (χ1) is 9.86. The number of alkyl halides is 1. The standard InChI is InChI=1S/C17H16ClNO/c18-12-15-11-16(13-7-3-1-4-8-13)19-17(20-15)14-9-5-2-6-10-14/h1-10,15-16H,11-12H2/t15-,16-/m1/s1. The van der Waals surface area contributed by atoms with Gasteiger partial charge in [-0.05, 0) is 17.7 Å². The fraction of sp³-hybridized carbons (Fsp3) is 0.235. The van der Waals surface area contributed by atoms with Crippen LogP contribution < -0.4 is 0 Å². The van der Waals surface area contributed by atoms with Crippen molar-refractivity contribution in [1.29, 1.82) is 0 Å². The third-order valence-electron chi connectivity index (χ3n) is 3.41. The highest BCUT2D eigenvalue weighted by molar-refractivity contribution is 6.18. The summed E-state index contributed by atoms with van der Waals surface area (Å²) < 4.78 is 5.89. The van der Waals surface area contributed by atoms with Gasteiger partial charge in [-0.25, -0.2) is 4.99 Å². The zero-order valence-corrected chi connectivity index (χ0v) is 11.8. The number of halogens is 1. The topological polar surface area (TPSA) is 21.6 Å². The molecule has 0 bridgehead atoms. The van der Waals surface area contributed by atoms with E-state index in [9.17, 15) is 0 Å². The van der Waals surface area contributed by atoms with Crippen LogP contribution in [0.5, 0.6) is 0 Å². The van der Waals surface area contributed by atoms with Gasteiger partial charge in [0.2, 0.25) is 5.90 Å². The van der Waals surface area contributed by atoms with Crippen molar-refractivity contribution in [1.82, 2.24) is 0 Å². The van der Waals surface area contributed by atoms with Crippen LogP contribution in [0.3, 0.4) is 0 Å². The molecule has 0 aliphatic carbocycles. The van der Waals surface area contributed by atoms with Crippen LogP contribution in [0.1, 0.15) is 23.6 Å². The summed E-state index contributed by atoms with van der Waals surface area (Å²) in [5.41, 5.74) is 2.21. The molecule has 2 aromatic carbocycles. The second-order valence-electron chi connectivity index (χ2n) is 4.86. The van der Waals surface area contributed by atoms with E-state index in [-0.39, 0.29) is 12.1 Å². The van der Waals surface area contributed by atoms with Crippen LogP contribution in [-0.2, 0) is 4.74 Å². The van der Waals surface area contributed by atoms with E-state index >= 15 is 0 Å². The summed E-state index contributed by atoms with van der Waals surface area (Å²) in [6.45, 7) is 0. The van der Waals surface area contributed by atoms with Crippen molar-refractivity contribution in [2.24, 2.45) is 4.99 Å². The lowest BCUT2D eigenvalue weighted by Crippen LogP contribution is -2.28. The third-order valence-corrected chi connectivity index (χ3v) is 3.76. The molecule has 1 heterocycles. The summed E-state index contributed by atoms with van der Waals surface area (Å²) in [7, 11) is 0. The predicted octanol–water partition coefficient (Wildman–Crippen LogP) is 4.20. The molecular formula is C17H16ClNO. The summed E-state index contributed by atoms with van der Waals surface area (Å²) in [6.07, 6.45) is 0.832. The van der Waals surface area contributed by atoms with Crippen LogP contribution >= 0.6 is 11.6 Å². The van der Waals surface area contributed by atoms with Crippen molar-refractivity contribution in [2.45, 2.75) is 18.6 Å². The molecule has 1 aliphatic heterocycles. The molecule has 0 saturated carbocycles. The second-order valence-corrected chi connectivity index (χ2v) is 5.17. The van der Waals surface area contributed by atoms with Crippen LogP contribution in [-0.4, -0.2) is 17.9 Å². The molecule has 0 spiro atoms. The number of hydrogen-bond donors (Lipinski definition) is 0. The van der Waals surface area contributed by atoms with E-state index in [0.29, 0.717) is 11.8 Å². The van der Waals surface area contributed by atoms with Gasteiger partial charge in [-0.1, -0.05) is 48.5 Å². The summed E-state index contributed by atoms with van der Waals surface area (Å²) >= 11 is 6.01. The Bertz CT molecular complexity index is 582. The normalized spacial score (nSPS) is 21.9. The van der Waals surface area contributed by atoms with Gasteiger partial charge in [-0.15, -0.1) is 11.6 Å². The molecule has 3 heteroatoms. The number of rotatable bonds is 3. The number of ether oxygens (including phenoxy) is 1. The quantitative estimate of drug-likeness (QED) is 0.775. The largest absolute Gasteiger partial charge is 0.473 e. The molecular weight excluding hydrogens is 270 g/mol. The van der Waals surface area contributed by atoms with Gasteiger partial charge < -0.3 is 4.74 Å². The zero-order valence-electron chi connectivity index (χ0n) is 11.1. The minimum absolute atomic E-state index is 0.00887. The fourth-order valence-electron chi connectivity index (χ4n) is 2.38. The SMILES string of the molecule is ClC[C@H]1C[C@H](c2ccccc2)N=C(c2ccccc2)O1. The fourth-order valence-corrected chi connectivity index (χ4v) is 2.57. The maximum absolute atomic E-state index is 6.01. The van der Waals surface area contributed by atoms with Gasteiger partial charge in [0, 0.05) is 12.0 Å². The smallest absolute Gasteiger partial charge is 0.217 e. The molecule has 2 nitrogen and oxygen atoms in total. The number of hydrogen-bond acceptors (Lipinski definition) is 2. The Labute approximate surface area is 124 Å². The molecule has 2 atom stereocenters. The Morgan fingerprint density at radius 3 is 2.30 bits per heavy atom. The summed E-state index contributed by atoms with van der Waals surface area (Å²) in [6, 6.07) is 20.4. The Morgan fingerprint density at radius 1 is 1.00 bits per heavy atom. The van der Waals surface area contributed by atoms with E-state index in [2.05, 4.69) is 12.1 Å². The van der Waals surface area contributed by atoms with Gasteiger partial charge in [-0.2, -0.15) is 0 Å². The number of aliphatic imine (C=N–C) groups is 1. The molecule has 0 aromatic heterocycles. The molecule has 2 aromatic rings. The van der Waals surface area contributed by atoms with Gasteiger partial charge >= 0.3 is 0 Å². The van der Waals surface area contributed by atoms with Crippen molar-refractivity contribution in [2.75, 3.05) is 5.88 Å². The molecule has 20 heavy (non-hydrogen) atoms. The van der Waals surface area contributed by atoms with E-state index in [1.54, 1.807) is 0 Å². The first-order valence-corrected chi connectivity index (χ1v) is 7.31. The van der Waals surface area contributed by atoms with Gasteiger partial charge in [-0.3, -0.25) is 0 Å². The minimum Gasteiger partial charge on any atom is -0.473 e. The van der Waals surface area contributed by atoms with Crippen LogP contribution in [0.15, 0.2) is 65.7 Å². The van der Waals surface area contributed by atoms with E-state index in [1.165, 1.54) is 5.56 Å². The second kappa shape index (κ2) is 6.10.